The molecule has 1 aromatic heterocycles. The molecule has 0 unspecified atom stereocenters. The second-order valence-corrected chi connectivity index (χ2v) is 4.23. The van der Waals surface area contributed by atoms with E-state index < -0.39 is 11.6 Å². The van der Waals surface area contributed by atoms with Crippen LogP contribution in [0.15, 0.2) is 24.4 Å². The summed E-state index contributed by atoms with van der Waals surface area (Å²) in [6.45, 7) is 0. The highest BCUT2D eigenvalue weighted by atomic mass is 35.5. The highest BCUT2D eigenvalue weighted by molar-refractivity contribution is 6.33. The molecule has 2 aromatic rings. The zero-order valence-electron chi connectivity index (χ0n) is 8.75. The Morgan fingerprint density at radius 2 is 1.83 bits per heavy atom. The van der Waals surface area contributed by atoms with E-state index in [1.165, 1.54) is 6.07 Å². The first-order valence-corrected chi connectivity index (χ1v) is 5.54. The molecule has 0 spiro atoms. The molecule has 0 saturated carbocycles. The molecule has 2 nitrogen and oxygen atoms in total. The van der Waals surface area contributed by atoms with Gasteiger partial charge in [-0.25, -0.2) is 13.8 Å². The summed E-state index contributed by atoms with van der Waals surface area (Å²) >= 11 is 11.4. The van der Waals surface area contributed by atoms with Crippen LogP contribution < -0.4 is 0 Å². The predicted molar refractivity (Wildman–Crippen MR) is 65.0 cm³/mol. The maximum Gasteiger partial charge on any atom is 0.151 e. The Morgan fingerprint density at radius 3 is 2.50 bits per heavy atom. The van der Waals surface area contributed by atoms with Crippen LogP contribution in [0.2, 0.25) is 10.2 Å². The third kappa shape index (κ3) is 2.35. The Labute approximate surface area is 111 Å². The van der Waals surface area contributed by atoms with Crippen molar-refractivity contribution in [2.24, 2.45) is 0 Å². The standard InChI is InChI=1S/C12H5Cl2F2NO/c13-10-3-11(16)8(1-6(10)5-18)9-2-7(15)4-17-12(9)14/h1-5H. The van der Waals surface area contributed by atoms with Gasteiger partial charge in [0.05, 0.1) is 11.2 Å². The van der Waals surface area contributed by atoms with E-state index in [9.17, 15) is 13.6 Å². The van der Waals surface area contributed by atoms with E-state index in [0.29, 0.717) is 6.29 Å². The summed E-state index contributed by atoms with van der Waals surface area (Å²) in [4.78, 5) is 14.3. The maximum atomic E-state index is 13.8. The van der Waals surface area contributed by atoms with Gasteiger partial charge >= 0.3 is 0 Å². The topological polar surface area (TPSA) is 30.0 Å². The Balaban J connectivity index is 2.70. The third-order valence-electron chi connectivity index (χ3n) is 2.31. The zero-order chi connectivity index (χ0) is 13.3. The number of halogens is 4. The number of nitrogens with zero attached hydrogens (tertiary/aromatic N) is 1. The fraction of sp³-hybridized carbons (Fsp3) is 0. The molecule has 18 heavy (non-hydrogen) atoms. The van der Waals surface area contributed by atoms with E-state index in [1.807, 2.05) is 0 Å². The normalized spacial score (nSPS) is 10.4. The first kappa shape index (κ1) is 12.9. The van der Waals surface area contributed by atoms with Gasteiger partial charge in [-0.1, -0.05) is 23.2 Å². The molecule has 0 fully saturated rings. The number of aromatic nitrogens is 1. The summed E-state index contributed by atoms with van der Waals surface area (Å²) in [6, 6.07) is 3.21. The smallest absolute Gasteiger partial charge is 0.151 e. The second kappa shape index (κ2) is 5.00. The lowest BCUT2D eigenvalue weighted by atomic mass is 10.0. The molecule has 1 heterocycles. The van der Waals surface area contributed by atoms with E-state index >= 15 is 0 Å². The average Bonchev–Trinajstić information content (AvgIpc) is 2.33. The molecule has 0 aliphatic rings. The van der Waals surface area contributed by atoms with Crippen molar-refractivity contribution in [2.45, 2.75) is 0 Å². The Hall–Kier alpha value is -1.52. The first-order valence-electron chi connectivity index (χ1n) is 4.78. The summed E-state index contributed by atoms with van der Waals surface area (Å²) < 4.78 is 26.8. The summed E-state index contributed by atoms with van der Waals surface area (Å²) in [7, 11) is 0. The predicted octanol–water partition coefficient (Wildman–Crippen LogP) is 4.15. The SMILES string of the molecule is O=Cc1cc(-c2cc(F)cnc2Cl)c(F)cc1Cl. The van der Waals surface area contributed by atoms with E-state index in [4.69, 9.17) is 23.2 Å². The van der Waals surface area contributed by atoms with Crippen molar-refractivity contribution < 1.29 is 13.6 Å². The Kier molecular flexibility index (Phi) is 3.59. The van der Waals surface area contributed by atoms with Gasteiger partial charge in [0, 0.05) is 16.7 Å². The van der Waals surface area contributed by atoms with Crippen molar-refractivity contribution in [1.29, 1.82) is 0 Å². The number of benzene rings is 1. The van der Waals surface area contributed by atoms with Crippen LogP contribution in [-0.4, -0.2) is 11.3 Å². The fourth-order valence-electron chi connectivity index (χ4n) is 1.47. The summed E-state index contributed by atoms with van der Waals surface area (Å²) in [6.07, 6.45) is 1.40. The van der Waals surface area contributed by atoms with Gasteiger partial charge in [0.15, 0.2) is 6.29 Å². The molecule has 0 bridgehead atoms. The van der Waals surface area contributed by atoms with Crippen molar-refractivity contribution in [2.75, 3.05) is 0 Å². The van der Waals surface area contributed by atoms with Gasteiger partial charge in [0.25, 0.3) is 0 Å². The molecule has 0 atom stereocenters. The van der Waals surface area contributed by atoms with Crippen molar-refractivity contribution in [1.82, 2.24) is 4.98 Å². The quantitative estimate of drug-likeness (QED) is 0.614. The molecule has 2 rings (SSSR count). The fourth-order valence-corrected chi connectivity index (χ4v) is 1.87. The van der Waals surface area contributed by atoms with Crippen LogP contribution in [0.3, 0.4) is 0 Å². The van der Waals surface area contributed by atoms with Crippen molar-refractivity contribution in [3.05, 3.63) is 51.8 Å². The number of rotatable bonds is 2. The Morgan fingerprint density at radius 1 is 1.11 bits per heavy atom. The molecule has 0 N–H and O–H groups in total. The van der Waals surface area contributed by atoms with Gasteiger partial charge in [0.2, 0.25) is 0 Å². The highest BCUT2D eigenvalue weighted by Crippen LogP contribution is 2.32. The first-order chi connectivity index (χ1) is 8.52. The monoisotopic (exact) mass is 287 g/mol. The van der Waals surface area contributed by atoms with Gasteiger partial charge in [-0.05, 0) is 18.2 Å². The van der Waals surface area contributed by atoms with Gasteiger partial charge < -0.3 is 0 Å². The number of hydrogen-bond acceptors (Lipinski definition) is 2. The maximum absolute atomic E-state index is 13.8. The van der Waals surface area contributed by atoms with Crippen LogP contribution in [0.5, 0.6) is 0 Å². The number of hydrogen-bond donors (Lipinski definition) is 0. The molecule has 1 aromatic carbocycles. The third-order valence-corrected chi connectivity index (χ3v) is 2.94. The van der Waals surface area contributed by atoms with E-state index in [1.54, 1.807) is 0 Å². The molecule has 0 aliphatic carbocycles. The summed E-state index contributed by atoms with van der Waals surface area (Å²) in [5.74, 6) is -1.36. The number of aldehydes is 1. The van der Waals surface area contributed by atoms with Crippen molar-refractivity contribution >= 4 is 29.5 Å². The minimum absolute atomic E-state index is 0.0215. The largest absolute Gasteiger partial charge is 0.298 e. The molecule has 0 radical (unpaired) electrons. The van der Waals surface area contributed by atoms with Crippen LogP contribution in [0.25, 0.3) is 11.1 Å². The van der Waals surface area contributed by atoms with Crippen molar-refractivity contribution in [3.63, 3.8) is 0 Å². The van der Waals surface area contributed by atoms with Crippen LogP contribution >= 0.6 is 23.2 Å². The van der Waals surface area contributed by atoms with Gasteiger partial charge in [-0.15, -0.1) is 0 Å². The lowest BCUT2D eigenvalue weighted by molar-refractivity contribution is 0.112. The van der Waals surface area contributed by atoms with E-state index in [-0.39, 0.29) is 26.9 Å². The molecule has 92 valence electrons. The highest BCUT2D eigenvalue weighted by Gasteiger charge is 2.14. The molecule has 0 amide bonds. The lowest BCUT2D eigenvalue weighted by Gasteiger charge is -2.07. The van der Waals surface area contributed by atoms with Crippen LogP contribution in [0, 0.1) is 11.6 Å². The average molecular weight is 288 g/mol. The molecule has 0 aliphatic heterocycles. The number of pyridine rings is 1. The van der Waals surface area contributed by atoms with Crippen LogP contribution in [0.1, 0.15) is 10.4 Å². The molecular formula is C12H5Cl2F2NO. The Bertz CT molecular complexity index is 632. The molecular weight excluding hydrogens is 283 g/mol. The zero-order valence-corrected chi connectivity index (χ0v) is 10.3. The van der Waals surface area contributed by atoms with Crippen molar-refractivity contribution in [3.8, 4) is 11.1 Å². The van der Waals surface area contributed by atoms with Crippen LogP contribution in [-0.2, 0) is 0 Å². The lowest BCUT2D eigenvalue weighted by Crippen LogP contribution is -1.93. The number of carbonyl (C=O) groups excluding carboxylic acids is 1. The minimum Gasteiger partial charge on any atom is -0.298 e. The van der Waals surface area contributed by atoms with Gasteiger partial charge in [-0.2, -0.15) is 0 Å². The molecule has 6 heteroatoms. The van der Waals surface area contributed by atoms with E-state index in [0.717, 1.165) is 18.3 Å². The van der Waals surface area contributed by atoms with Gasteiger partial charge in [0.1, 0.15) is 16.8 Å². The second-order valence-electron chi connectivity index (χ2n) is 3.46. The van der Waals surface area contributed by atoms with Gasteiger partial charge in [-0.3, -0.25) is 4.79 Å². The summed E-state index contributed by atoms with van der Waals surface area (Å²) in [5.41, 5.74) is 0.126. The minimum atomic E-state index is -0.708. The van der Waals surface area contributed by atoms with Crippen LogP contribution in [0.4, 0.5) is 8.78 Å². The molecule has 0 saturated heterocycles. The number of carbonyl (C=O) groups is 1. The summed E-state index contributed by atoms with van der Waals surface area (Å²) in [5, 5.41) is -0.0822. The van der Waals surface area contributed by atoms with E-state index in [2.05, 4.69) is 4.98 Å².